The Morgan fingerprint density at radius 1 is 1.20 bits per heavy atom. The van der Waals surface area contributed by atoms with Crippen LogP contribution >= 0.6 is 0 Å². The summed E-state index contributed by atoms with van der Waals surface area (Å²) in [6.07, 6.45) is 1.65. The molecule has 0 saturated heterocycles. The third-order valence-electron chi connectivity index (χ3n) is 2.61. The van der Waals surface area contributed by atoms with E-state index in [1.807, 2.05) is 31.2 Å². The van der Waals surface area contributed by atoms with Crippen molar-refractivity contribution in [2.24, 2.45) is 0 Å². The van der Waals surface area contributed by atoms with Crippen molar-refractivity contribution in [3.05, 3.63) is 24.3 Å². The van der Waals surface area contributed by atoms with Crippen LogP contribution in [0.2, 0.25) is 0 Å². The maximum absolute atomic E-state index is 11.4. The highest BCUT2D eigenvalue weighted by Gasteiger charge is 2.04. The van der Waals surface area contributed by atoms with Crippen molar-refractivity contribution in [3.8, 4) is 11.5 Å². The van der Waals surface area contributed by atoms with Crippen molar-refractivity contribution in [1.82, 2.24) is 5.32 Å². The van der Waals surface area contributed by atoms with Crippen LogP contribution in [0.15, 0.2) is 24.3 Å². The van der Waals surface area contributed by atoms with Gasteiger partial charge in [0.2, 0.25) is 5.91 Å². The zero-order valence-electron chi connectivity index (χ0n) is 11.9. The summed E-state index contributed by atoms with van der Waals surface area (Å²) in [5.41, 5.74) is 0. The summed E-state index contributed by atoms with van der Waals surface area (Å²) in [6, 6.07) is 7.50. The lowest BCUT2D eigenvalue weighted by Crippen LogP contribution is -2.25. The molecule has 0 heterocycles. The van der Waals surface area contributed by atoms with E-state index in [9.17, 15) is 4.79 Å². The van der Waals surface area contributed by atoms with Crippen LogP contribution in [-0.2, 0) is 4.79 Å². The molecule has 0 spiro atoms. The van der Waals surface area contributed by atoms with Gasteiger partial charge in [-0.1, -0.05) is 12.1 Å². The summed E-state index contributed by atoms with van der Waals surface area (Å²) in [6.45, 7) is 3.60. The molecule has 0 unspecified atom stereocenters. The average molecular weight is 281 g/mol. The van der Waals surface area contributed by atoms with Gasteiger partial charge in [0, 0.05) is 19.6 Å². The van der Waals surface area contributed by atoms with E-state index in [4.69, 9.17) is 14.6 Å². The lowest BCUT2D eigenvalue weighted by Gasteiger charge is -2.11. The van der Waals surface area contributed by atoms with Crippen LogP contribution in [0.3, 0.4) is 0 Å². The number of carbonyl (C=O) groups excluding carboxylic acids is 1. The lowest BCUT2D eigenvalue weighted by atomic mass is 10.3. The highest BCUT2D eigenvalue weighted by Crippen LogP contribution is 2.26. The van der Waals surface area contributed by atoms with E-state index in [0.717, 1.165) is 5.75 Å². The molecule has 0 aliphatic rings. The molecule has 0 atom stereocenters. The van der Waals surface area contributed by atoms with Crippen molar-refractivity contribution in [2.45, 2.75) is 26.2 Å². The molecule has 1 amide bonds. The minimum Gasteiger partial charge on any atom is -0.490 e. The highest BCUT2D eigenvalue weighted by molar-refractivity contribution is 5.75. The van der Waals surface area contributed by atoms with Gasteiger partial charge in [0.1, 0.15) is 0 Å². The molecule has 0 aromatic heterocycles. The van der Waals surface area contributed by atoms with E-state index in [1.165, 1.54) is 0 Å². The van der Waals surface area contributed by atoms with Gasteiger partial charge in [-0.25, -0.2) is 0 Å². The number of para-hydroxylation sites is 2. The van der Waals surface area contributed by atoms with Crippen LogP contribution in [0.5, 0.6) is 11.5 Å². The van der Waals surface area contributed by atoms with Crippen LogP contribution in [0.25, 0.3) is 0 Å². The molecular formula is C15H23NO4. The van der Waals surface area contributed by atoms with Crippen LogP contribution in [-0.4, -0.2) is 37.4 Å². The third kappa shape index (κ3) is 6.43. The standard InChI is InChI=1S/C15H23NO4/c1-2-19-13-7-3-4-8-14(13)20-12-5-9-15(18)16-10-6-11-17/h3-4,7-8,17H,2,5-6,9-12H2,1H3,(H,16,18). The number of aliphatic hydroxyl groups excluding tert-OH is 1. The molecule has 1 aromatic rings. The van der Waals surface area contributed by atoms with Gasteiger partial charge in [-0.3, -0.25) is 4.79 Å². The molecule has 0 fully saturated rings. The Hall–Kier alpha value is -1.75. The maximum Gasteiger partial charge on any atom is 0.220 e. The van der Waals surface area contributed by atoms with E-state index >= 15 is 0 Å². The molecule has 2 N–H and O–H groups in total. The lowest BCUT2D eigenvalue weighted by molar-refractivity contribution is -0.121. The molecular weight excluding hydrogens is 258 g/mol. The van der Waals surface area contributed by atoms with Gasteiger partial charge in [-0.2, -0.15) is 0 Å². The molecule has 5 heteroatoms. The van der Waals surface area contributed by atoms with Gasteiger partial charge in [0.25, 0.3) is 0 Å². The third-order valence-corrected chi connectivity index (χ3v) is 2.61. The Labute approximate surface area is 119 Å². The number of carbonyl (C=O) groups is 1. The maximum atomic E-state index is 11.4. The number of hydrogen-bond donors (Lipinski definition) is 2. The normalized spacial score (nSPS) is 10.1. The van der Waals surface area contributed by atoms with Gasteiger partial charge in [0.15, 0.2) is 11.5 Å². The predicted molar refractivity (Wildman–Crippen MR) is 77.1 cm³/mol. The quantitative estimate of drug-likeness (QED) is 0.641. The van der Waals surface area contributed by atoms with Crippen molar-refractivity contribution in [1.29, 1.82) is 0 Å². The summed E-state index contributed by atoms with van der Waals surface area (Å²) >= 11 is 0. The monoisotopic (exact) mass is 281 g/mol. The Morgan fingerprint density at radius 3 is 2.55 bits per heavy atom. The minimum atomic E-state index is -0.0138. The fraction of sp³-hybridized carbons (Fsp3) is 0.533. The Morgan fingerprint density at radius 2 is 1.90 bits per heavy atom. The number of hydrogen-bond acceptors (Lipinski definition) is 4. The summed E-state index contributed by atoms with van der Waals surface area (Å²) in [5.74, 6) is 1.41. The van der Waals surface area contributed by atoms with Gasteiger partial charge in [-0.15, -0.1) is 0 Å². The fourth-order valence-electron chi connectivity index (χ4n) is 1.65. The van der Waals surface area contributed by atoms with Crippen molar-refractivity contribution in [2.75, 3.05) is 26.4 Å². The number of amides is 1. The van der Waals surface area contributed by atoms with E-state index in [0.29, 0.717) is 44.8 Å². The minimum absolute atomic E-state index is 0.0138. The average Bonchev–Trinajstić information content (AvgIpc) is 2.46. The molecule has 0 saturated carbocycles. The molecule has 20 heavy (non-hydrogen) atoms. The van der Waals surface area contributed by atoms with E-state index in [2.05, 4.69) is 5.32 Å². The first-order chi connectivity index (χ1) is 9.77. The van der Waals surface area contributed by atoms with Crippen LogP contribution in [0.4, 0.5) is 0 Å². The zero-order valence-corrected chi connectivity index (χ0v) is 11.9. The number of benzene rings is 1. The number of nitrogens with one attached hydrogen (secondary N) is 1. The molecule has 0 bridgehead atoms. The van der Waals surface area contributed by atoms with E-state index in [-0.39, 0.29) is 12.5 Å². The van der Waals surface area contributed by atoms with Gasteiger partial charge in [0.05, 0.1) is 13.2 Å². The van der Waals surface area contributed by atoms with Crippen molar-refractivity contribution in [3.63, 3.8) is 0 Å². The molecule has 1 aromatic carbocycles. The predicted octanol–water partition coefficient (Wildman–Crippen LogP) is 1.74. The molecule has 0 radical (unpaired) electrons. The van der Waals surface area contributed by atoms with Crippen LogP contribution in [0.1, 0.15) is 26.2 Å². The van der Waals surface area contributed by atoms with Crippen molar-refractivity contribution < 1.29 is 19.4 Å². The van der Waals surface area contributed by atoms with Crippen LogP contribution < -0.4 is 14.8 Å². The van der Waals surface area contributed by atoms with E-state index in [1.54, 1.807) is 0 Å². The summed E-state index contributed by atoms with van der Waals surface area (Å²) in [4.78, 5) is 11.4. The SMILES string of the molecule is CCOc1ccccc1OCCCC(=O)NCCCO. The van der Waals surface area contributed by atoms with Crippen molar-refractivity contribution >= 4 is 5.91 Å². The Balaban J connectivity index is 2.22. The Kier molecular flexibility index (Phi) is 8.22. The fourth-order valence-corrected chi connectivity index (χ4v) is 1.65. The first-order valence-electron chi connectivity index (χ1n) is 7.00. The topological polar surface area (TPSA) is 67.8 Å². The second kappa shape index (κ2) is 10.1. The summed E-state index contributed by atoms with van der Waals surface area (Å²) in [7, 11) is 0. The van der Waals surface area contributed by atoms with Gasteiger partial charge in [-0.05, 0) is 31.9 Å². The smallest absolute Gasteiger partial charge is 0.220 e. The molecule has 112 valence electrons. The van der Waals surface area contributed by atoms with Gasteiger partial charge < -0.3 is 19.9 Å². The molecule has 0 aliphatic carbocycles. The molecule has 5 nitrogen and oxygen atoms in total. The molecule has 0 aliphatic heterocycles. The number of ether oxygens (including phenoxy) is 2. The second-order valence-electron chi connectivity index (χ2n) is 4.26. The summed E-state index contributed by atoms with van der Waals surface area (Å²) < 4.78 is 11.1. The Bertz CT molecular complexity index is 395. The van der Waals surface area contributed by atoms with E-state index < -0.39 is 0 Å². The van der Waals surface area contributed by atoms with Crippen LogP contribution in [0, 0.1) is 0 Å². The first kappa shape index (κ1) is 16.3. The first-order valence-corrected chi connectivity index (χ1v) is 7.00. The summed E-state index contributed by atoms with van der Waals surface area (Å²) in [5, 5.41) is 11.3. The number of aliphatic hydroxyl groups is 1. The zero-order chi connectivity index (χ0) is 14.6. The second-order valence-corrected chi connectivity index (χ2v) is 4.26. The molecule has 1 rings (SSSR count). The highest BCUT2D eigenvalue weighted by atomic mass is 16.5. The largest absolute Gasteiger partial charge is 0.490 e. The number of rotatable bonds is 10. The van der Waals surface area contributed by atoms with Gasteiger partial charge >= 0.3 is 0 Å².